The quantitative estimate of drug-likeness (QED) is 0.428. The summed E-state index contributed by atoms with van der Waals surface area (Å²) in [5.41, 5.74) is 5.15. The molecule has 0 bridgehead atoms. The number of nitrogens with zero attached hydrogens (tertiary/aromatic N) is 1. The van der Waals surface area contributed by atoms with E-state index in [9.17, 15) is 9.59 Å². The number of anilines is 1. The molecule has 2 aromatic carbocycles. The number of benzene rings is 2. The molecular formula is C23H21N3O4S. The van der Waals surface area contributed by atoms with Gasteiger partial charge in [0.15, 0.2) is 11.7 Å². The van der Waals surface area contributed by atoms with Crippen molar-refractivity contribution in [3.05, 3.63) is 64.7 Å². The second-order valence-corrected chi connectivity index (χ2v) is 7.88. The van der Waals surface area contributed by atoms with Gasteiger partial charge in [-0.15, -0.1) is 11.3 Å². The normalized spacial score (nSPS) is 10.8. The van der Waals surface area contributed by atoms with Crippen LogP contribution < -0.4 is 10.1 Å². The lowest BCUT2D eigenvalue weighted by Gasteiger charge is -2.05. The molecule has 2 heterocycles. The van der Waals surface area contributed by atoms with Crippen molar-refractivity contribution in [3.8, 4) is 17.0 Å². The van der Waals surface area contributed by atoms with Crippen LogP contribution in [0.15, 0.2) is 47.8 Å². The molecule has 8 heteroatoms. The topological polar surface area (TPSA) is 93.3 Å². The molecule has 0 unspecified atom stereocenters. The van der Waals surface area contributed by atoms with E-state index < -0.39 is 11.9 Å². The molecule has 1 amide bonds. The summed E-state index contributed by atoms with van der Waals surface area (Å²) in [6.45, 7) is 3.58. The summed E-state index contributed by atoms with van der Waals surface area (Å²) in [6, 6.07) is 12.8. The SMILES string of the molecule is COc1ccc(-c2csc(NC(=O)COC(=O)c3ccc4[nH]c(C)c(C)c4c3)n2)cc1. The number of H-pyrrole nitrogens is 1. The Morgan fingerprint density at radius 1 is 1.13 bits per heavy atom. The van der Waals surface area contributed by atoms with Crippen LogP contribution in [0.5, 0.6) is 5.75 Å². The van der Waals surface area contributed by atoms with Gasteiger partial charge in [0.25, 0.3) is 5.91 Å². The number of ether oxygens (including phenoxy) is 2. The number of carbonyl (C=O) groups excluding carboxylic acids is 2. The highest BCUT2D eigenvalue weighted by molar-refractivity contribution is 7.14. The number of aromatic amines is 1. The first-order valence-corrected chi connectivity index (χ1v) is 10.5. The molecule has 0 spiro atoms. The molecule has 0 aliphatic carbocycles. The molecule has 0 aliphatic rings. The number of esters is 1. The molecule has 0 fully saturated rings. The lowest BCUT2D eigenvalue weighted by atomic mass is 10.1. The van der Waals surface area contributed by atoms with E-state index in [2.05, 4.69) is 15.3 Å². The number of carbonyl (C=O) groups is 2. The van der Waals surface area contributed by atoms with Gasteiger partial charge in [-0.05, 0) is 61.9 Å². The predicted octanol–water partition coefficient (Wildman–Crippen LogP) is 4.71. The van der Waals surface area contributed by atoms with Gasteiger partial charge in [0, 0.05) is 27.5 Å². The van der Waals surface area contributed by atoms with E-state index in [0.717, 1.165) is 39.2 Å². The third-order valence-corrected chi connectivity index (χ3v) is 5.77. The summed E-state index contributed by atoms with van der Waals surface area (Å²) in [7, 11) is 1.61. The van der Waals surface area contributed by atoms with Gasteiger partial charge in [0.2, 0.25) is 0 Å². The molecule has 0 atom stereocenters. The van der Waals surface area contributed by atoms with Crippen LogP contribution in [0.2, 0.25) is 0 Å². The van der Waals surface area contributed by atoms with Crippen LogP contribution in [0, 0.1) is 13.8 Å². The van der Waals surface area contributed by atoms with Crippen LogP contribution in [-0.4, -0.2) is 35.6 Å². The van der Waals surface area contributed by atoms with Gasteiger partial charge in [-0.1, -0.05) is 0 Å². The molecule has 0 radical (unpaired) electrons. The van der Waals surface area contributed by atoms with Crippen molar-refractivity contribution in [2.24, 2.45) is 0 Å². The highest BCUT2D eigenvalue weighted by atomic mass is 32.1. The van der Waals surface area contributed by atoms with Crippen molar-refractivity contribution in [2.75, 3.05) is 19.0 Å². The number of aromatic nitrogens is 2. The average Bonchev–Trinajstić information content (AvgIpc) is 3.36. The van der Waals surface area contributed by atoms with Gasteiger partial charge in [-0.3, -0.25) is 10.1 Å². The Labute approximate surface area is 183 Å². The second-order valence-electron chi connectivity index (χ2n) is 7.03. The van der Waals surface area contributed by atoms with Crippen molar-refractivity contribution in [2.45, 2.75) is 13.8 Å². The van der Waals surface area contributed by atoms with E-state index in [4.69, 9.17) is 9.47 Å². The number of thiazole rings is 1. The number of rotatable bonds is 6. The Morgan fingerprint density at radius 2 is 1.90 bits per heavy atom. The Balaban J connectivity index is 1.35. The zero-order valence-electron chi connectivity index (χ0n) is 17.3. The highest BCUT2D eigenvalue weighted by Gasteiger charge is 2.14. The van der Waals surface area contributed by atoms with Gasteiger partial charge in [-0.2, -0.15) is 0 Å². The Morgan fingerprint density at radius 3 is 2.65 bits per heavy atom. The van der Waals surface area contributed by atoms with E-state index in [1.807, 2.05) is 49.6 Å². The summed E-state index contributed by atoms with van der Waals surface area (Å²) < 4.78 is 10.3. The lowest BCUT2D eigenvalue weighted by Crippen LogP contribution is -2.20. The molecule has 7 nitrogen and oxygen atoms in total. The fraction of sp³-hybridized carbons (Fsp3) is 0.174. The van der Waals surface area contributed by atoms with Crippen LogP contribution in [-0.2, 0) is 9.53 Å². The highest BCUT2D eigenvalue weighted by Crippen LogP contribution is 2.26. The first-order valence-electron chi connectivity index (χ1n) is 9.60. The monoisotopic (exact) mass is 435 g/mol. The van der Waals surface area contributed by atoms with E-state index in [-0.39, 0.29) is 6.61 Å². The first-order chi connectivity index (χ1) is 14.9. The number of hydrogen-bond donors (Lipinski definition) is 2. The van der Waals surface area contributed by atoms with Crippen LogP contribution in [0.3, 0.4) is 0 Å². The Kier molecular flexibility index (Phi) is 5.73. The lowest BCUT2D eigenvalue weighted by molar-refractivity contribution is -0.119. The van der Waals surface area contributed by atoms with E-state index >= 15 is 0 Å². The minimum Gasteiger partial charge on any atom is -0.497 e. The molecule has 2 aromatic heterocycles. The number of amides is 1. The van der Waals surface area contributed by atoms with Crippen molar-refractivity contribution < 1.29 is 19.1 Å². The standard InChI is InChI=1S/C23H21N3O4S/c1-13-14(2)24-19-9-6-16(10-18(13)19)22(28)30-11-21(27)26-23-25-20(12-31-23)15-4-7-17(29-3)8-5-15/h4-10,12,24H,11H2,1-3H3,(H,25,26,27). The van der Waals surface area contributed by atoms with Gasteiger partial charge >= 0.3 is 5.97 Å². The maximum atomic E-state index is 12.4. The fourth-order valence-electron chi connectivity index (χ4n) is 3.18. The fourth-order valence-corrected chi connectivity index (χ4v) is 3.92. The maximum absolute atomic E-state index is 12.4. The summed E-state index contributed by atoms with van der Waals surface area (Å²) in [5, 5.41) is 5.91. The molecule has 0 saturated carbocycles. The van der Waals surface area contributed by atoms with Gasteiger partial charge < -0.3 is 14.5 Å². The van der Waals surface area contributed by atoms with Crippen molar-refractivity contribution in [1.29, 1.82) is 0 Å². The Bertz CT molecular complexity index is 1260. The summed E-state index contributed by atoms with van der Waals surface area (Å²) in [6.07, 6.45) is 0. The average molecular weight is 436 g/mol. The number of hydrogen-bond acceptors (Lipinski definition) is 6. The van der Waals surface area contributed by atoms with Crippen LogP contribution in [0.4, 0.5) is 5.13 Å². The Hall–Kier alpha value is -3.65. The molecular weight excluding hydrogens is 414 g/mol. The van der Waals surface area contributed by atoms with E-state index in [0.29, 0.717) is 10.7 Å². The third kappa shape index (κ3) is 4.44. The molecule has 4 rings (SSSR count). The van der Waals surface area contributed by atoms with Gasteiger partial charge in [0.1, 0.15) is 5.75 Å². The summed E-state index contributed by atoms with van der Waals surface area (Å²) in [4.78, 5) is 32.2. The first kappa shape index (κ1) is 20.6. The van der Waals surface area contributed by atoms with Crippen molar-refractivity contribution in [3.63, 3.8) is 0 Å². The van der Waals surface area contributed by atoms with Gasteiger partial charge in [0.05, 0.1) is 18.4 Å². The molecule has 4 aromatic rings. The maximum Gasteiger partial charge on any atom is 0.338 e. The molecule has 2 N–H and O–H groups in total. The minimum atomic E-state index is -0.548. The van der Waals surface area contributed by atoms with Crippen molar-refractivity contribution in [1.82, 2.24) is 9.97 Å². The van der Waals surface area contributed by atoms with Crippen molar-refractivity contribution >= 4 is 39.2 Å². The largest absolute Gasteiger partial charge is 0.497 e. The van der Waals surface area contributed by atoms with Crippen LogP contribution >= 0.6 is 11.3 Å². The third-order valence-electron chi connectivity index (χ3n) is 5.01. The summed E-state index contributed by atoms with van der Waals surface area (Å²) in [5.74, 6) is -0.234. The van der Waals surface area contributed by atoms with Crippen LogP contribution in [0.25, 0.3) is 22.2 Å². The number of aryl methyl sites for hydroxylation is 2. The second kappa shape index (κ2) is 8.61. The molecule has 31 heavy (non-hydrogen) atoms. The zero-order valence-corrected chi connectivity index (χ0v) is 18.1. The number of fused-ring (bicyclic) bond motifs is 1. The molecule has 158 valence electrons. The summed E-state index contributed by atoms with van der Waals surface area (Å²) >= 11 is 1.30. The smallest absolute Gasteiger partial charge is 0.338 e. The number of nitrogens with one attached hydrogen (secondary N) is 2. The molecule has 0 saturated heterocycles. The molecule has 0 aliphatic heterocycles. The van der Waals surface area contributed by atoms with Gasteiger partial charge in [-0.25, -0.2) is 9.78 Å². The predicted molar refractivity (Wildman–Crippen MR) is 121 cm³/mol. The minimum absolute atomic E-state index is 0.389. The van der Waals surface area contributed by atoms with E-state index in [1.54, 1.807) is 19.2 Å². The van der Waals surface area contributed by atoms with Crippen LogP contribution in [0.1, 0.15) is 21.6 Å². The van der Waals surface area contributed by atoms with E-state index in [1.165, 1.54) is 11.3 Å². The zero-order chi connectivity index (χ0) is 22.0. The number of methoxy groups -OCH3 is 1.